The summed E-state index contributed by atoms with van der Waals surface area (Å²) in [4.78, 5) is 43.7. The summed E-state index contributed by atoms with van der Waals surface area (Å²) >= 11 is 5.95. The fourth-order valence-electron chi connectivity index (χ4n) is 6.31. The number of amides is 3. The number of nitrogens with zero attached hydrogens (tertiary/aromatic N) is 2. The number of halogens is 4. The van der Waals surface area contributed by atoms with E-state index < -0.39 is 52.9 Å². The van der Waals surface area contributed by atoms with E-state index in [0.717, 1.165) is 11.0 Å². The molecular formula is C23H17ClF3N3O3. The van der Waals surface area contributed by atoms with Gasteiger partial charge in [0.05, 0.1) is 28.8 Å². The summed E-state index contributed by atoms with van der Waals surface area (Å²) in [6, 6.07) is 9.41. The van der Waals surface area contributed by atoms with E-state index in [1.807, 2.05) is 0 Å². The number of carbonyl (C=O) groups excluding carboxylic acids is 3. The predicted molar refractivity (Wildman–Crippen MR) is 112 cm³/mol. The molecule has 3 amide bonds. The number of imide groups is 1. The average Bonchev–Trinajstić information content (AvgIpc) is 3.46. The Morgan fingerprint density at radius 1 is 1.03 bits per heavy atom. The van der Waals surface area contributed by atoms with Crippen molar-refractivity contribution in [2.45, 2.75) is 30.6 Å². The van der Waals surface area contributed by atoms with Crippen LogP contribution in [0.5, 0.6) is 0 Å². The van der Waals surface area contributed by atoms with Crippen molar-refractivity contribution in [2.75, 3.05) is 16.8 Å². The van der Waals surface area contributed by atoms with Gasteiger partial charge >= 0.3 is 6.18 Å². The van der Waals surface area contributed by atoms with Crippen molar-refractivity contribution in [3.63, 3.8) is 0 Å². The van der Waals surface area contributed by atoms with Crippen molar-refractivity contribution in [2.24, 2.45) is 11.8 Å². The molecule has 0 radical (unpaired) electrons. The highest BCUT2D eigenvalue weighted by Gasteiger charge is 2.75. The Labute approximate surface area is 191 Å². The first-order valence-corrected chi connectivity index (χ1v) is 11.0. The van der Waals surface area contributed by atoms with Gasteiger partial charge in [-0.1, -0.05) is 23.7 Å². The van der Waals surface area contributed by atoms with Gasteiger partial charge in [-0.15, -0.1) is 0 Å². The van der Waals surface area contributed by atoms with Crippen molar-refractivity contribution in [3.05, 3.63) is 58.6 Å². The molecule has 1 spiro atoms. The highest BCUT2D eigenvalue weighted by molar-refractivity contribution is 6.31. The van der Waals surface area contributed by atoms with Gasteiger partial charge in [-0.2, -0.15) is 13.2 Å². The smallest absolute Gasteiger partial charge is 0.323 e. The molecule has 6 rings (SSSR count). The van der Waals surface area contributed by atoms with Gasteiger partial charge in [0.1, 0.15) is 5.54 Å². The number of alkyl halides is 3. The number of para-hydroxylation sites is 1. The quantitative estimate of drug-likeness (QED) is 0.637. The van der Waals surface area contributed by atoms with Crippen LogP contribution in [0.15, 0.2) is 42.5 Å². The van der Waals surface area contributed by atoms with Crippen LogP contribution in [0.1, 0.15) is 24.0 Å². The van der Waals surface area contributed by atoms with Crippen LogP contribution in [0.25, 0.3) is 0 Å². The monoisotopic (exact) mass is 475 g/mol. The number of nitrogens with one attached hydrogen (secondary N) is 1. The van der Waals surface area contributed by atoms with Crippen molar-refractivity contribution in [1.82, 2.24) is 4.90 Å². The molecular weight excluding hydrogens is 459 g/mol. The highest BCUT2D eigenvalue weighted by Crippen LogP contribution is 2.61. The number of carbonyl (C=O) groups is 3. The number of hydrogen-bond donors (Lipinski definition) is 1. The van der Waals surface area contributed by atoms with Crippen LogP contribution < -0.4 is 10.2 Å². The lowest BCUT2D eigenvalue weighted by Gasteiger charge is -2.36. The third-order valence-corrected chi connectivity index (χ3v) is 7.67. The molecule has 3 saturated heterocycles. The number of hydrogen-bond acceptors (Lipinski definition) is 4. The number of anilines is 2. The maximum absolute atomic E-state index is 13.8. The van der Waals surface area contributed by atoms with Gasteiger partial charge in [-0.25, -0.2) is 4.90 Å². The van der Waals surface area contributed by atoms with Gasteiger partial charge in [-0.05, 0) is 49.7 Å². The molecule has 170 valence electrons. The third-order valence-electron chi connectivity index (χ3n) is 7.42. The van der Waals surface area contributed by atoms with E-state index >= 15 is 0 Å². The molecule has 0 saturated carbocycles. The zero-order valence-electron chi connectivity index (χ0n) is 17.0. The summed E-state index contributed by atoms with van der Waals surface area (Å²) in [5.74, 6) is -3.64. The Bertz CT molecular complexity index is 1230. The van der Waals surface area contributed by atoms with Gasteiger partial charge in [-0.3, -0.25) is 19.3 Å². The molecule has 4 aliphatic rings. The molecule has 6 nitrogen and oxygen atoms in total. The van der Waals surface area contributed by atoms with Crippen molar-refractivity contribution in [1.29, 1.82) is 0 Å². The van der Waals surface area contributed by atoms with E-state index in [1.54, 1.807) is 29.2 Å². The van der Waals surface area contributed by atoms with Crippen LogP contribution in [0, 0.1) is 11.8 Å². The summed E-state index contributed by atoms with van der Waals surface area (Å²) < 4.78 is 41.2. The fourth-order valence-corrected chi connectivity index (χ4v) is 6.44. The lowest BCUT2D eigenvalue weighted by atomic mass is 9.75. The zero-order chi connectivity index (χ0) is 23.3. The number of rotatable bonds is 1. The van der Waals surface area contributed by atoms with Gasteiger partial charge in [0.15, 0.2) is 0 Å². The zero-order valence-corrected chi connectivity index (χ0v) is 17.8. The molecule has 3 fully saturated rings. The molecule has 1 N–H and O–H groups in total. The number of fused-ring (bicyclic) bond motifs is 7. The Morgan fingerprint density at radius 3 is 2.45 bits per heavy atom. The highest BCUT2D eigenvalue weighted by atomic mass is 35.5. The molecule has 4 atom stereocenters. The minimum absolute atomic E-state index is 0.112. The fraction of sp³-hybridized carbons (Fsp3) is 0.348. The van der Waals surface area contributed by atoms with Crippen LogP contribution in [0.3, 0.4) is 0 Å². The SMILES string of the molecule is O=C1[C@@H]2[C@H]3CCCN3[C@]3(C(=O)Nc4c(C(F)(F)F)cccc43)[C@@H]2C(=O)N1c1ccc(Cl)cc1. The van der Waals surface area contributed by atoms with Gasteiger partial charge < -0.3 is 5.32 Å². The van der Waals surface area contributed by atoms with Crippen LogP contribution >= 0.6 is 11.6 Å². The summed E-state index contributed by atoms with van der Waals surface area (Å²) in [7, 11) is 0. The molecule has 33 heavy (non-hydrogen) atoms. The van der Waals surface area contributed by atoms with Crippen LogP contribution in [-0.2, 0) is 26.1 Å². The minimum atomic E-state index is -4.68. The molecule has 0 bridgehead atoms. The van der Waals surface area contributed by atoms with E-state index in [9.17, 15) is 27.6 Å². The molecule has 2 aromatic carbocycles. The van der Waals surface area contributed by atoms with Crippen molar-refractivity contribution < 1.29 is 27.6 Å². The maximum atomic E-state index is 13.8. The topological polar surface area (TPSA) is 69.7 Å². The second kappa shape index (κ2) is 6.57. The lowest BCUT2D eigenvalue weighted by molar-refractivity contribution is -0.137. The van der Waals surface area contributed by atoms with E-state index in [0.29, 0.717) is 30.1 Å². The average molecular weight is 476 g/mol. The molecule has 0 aromatic heterocycles. The van der Waals surface area contributed by atoms with Gasteiger partial charge in [0.25, 0.3) is 0 Å². The van der Waals surface area contributed by atoms with E-state index in [-0.39, 0.29) is 11.3 Å². The second-order valence-corrected chi connectivity index (χ2v) is 9.28. The molecule has 4 heterocycles. The number of benzene rings is 2. The van der Waals surface area contributed by atoms with Gasteiger partial charge in [0.2, 0.25) is 17.7 Å². The van der Waals surface area contributed by atoms with Crippen LogP contribution in [-0.4, -0.2) is 35.2 Å². The second-order valence-electron chi connectivity index (χ2n) is 8.84. The standard InChI is InChI=1S/C23H17ClF3N3O3/c24-11-6-8-12(9-7-11)30-19(31)16-15-5-2-10-29(15)22(17(16)20(30)32)13-3-1-4-14(23(25,26)27)18(13)28-21(22)33/h1,3-4,6-9,15-17H,2,5,10H2,(H,28,33)/t15-,16-,17+,22+/m1/s1. The molecule has 0 unspecified atom stereocenters. The normalized spacial score (nSPS) is 30.7. The lowest BCUT2D eigenvalue weighted by Crippen LogP contribution is -2.54. The Kier molecular flexibility index (Phi) is 4.12. The maximum Gasteiger partial charge on any atom is 0.418 e. The molecule has 0 aliphatic carbocycles. The van der Waals surface area contributed by atoms with Crippen molar-refractivity contribution in [3.8, 4) is 0 Å². The summed E-state index contributed by atoms with van der Waals surface area (Å²) in [5.41, 5.74) is -2.51. The Morgan fingerprint density at radius 2 is 1.76 bits per heavy atom. The molecule has 4 aliphatic heterocycles. The van der Waals surface area contributed by atoms with E-state index in [2.05, 4.69) is 5.32 Å². The van der Waals surface area contributed by atoms with Gasteiger partial charge in [0, 0.05) is 16.6 Å². The first-order valence-electron chi connectivity index (χ1n) is 10.6. The Balaban J connectivity index is 1.56. The first-order chi connectivity index (χ1) is 15.7. The summed E-state index contributed by atoms with van der Waals surface area (Å²) in [6.07, 6.45) is -3.42. The van der Waals surface area contributed by atoms with Crippen LogP contribution in [0.4, 0.5) is 24.5 Å². The predicted octanol–water partition coefficient (Wildman–Crippen LogP) is 3.79. The van der Waals surface area contributed by atoms with E-state index in [4.69, 9.17) is 11.6 Å². The summed E-state index contributed by atoms with van der Waals surface area (Å²) in [6.45, 7) is 0.419. The minimum Gasteiger partial charge on any atom is -0.323 e. The molecule has 10 heteroatoms. The Hall–Kier alpha value is -2.91. The third kappa shape index (κ3) is 2.46. The van der Waals surface area contributed by atoms with Crippen LogP contribution in [0.2, 0.25) is 5.02 Å². The molecule has 2 aromatic rings. The van der Waals surface area contributed by atoms with E-state index in [1.165, 1.54) is 12.1 Å². The summed E-state index contributed by atoms with van der Waals surface area (Å²) in [5, 5.41) is 2.86. The first kappa shape index (κ1) is 20.7. The largest absolute Gasteiger partial charge is 0.418 e. The van der Waals surface area contributed by atoms with Crippen molar-refractivity contribution >= 4 is 40.7 Å².